The molecule has 1 aliphatic heterocycles. The Bertz CT molecular complexity index is 1060. The summed E-state index contributed by atoms with van der Waals surface area (Å²) >= 11 is 2.12. The molecule has 1 aliphatic rings. The maximum atomic E-state index is 10.6. The van der Waals surface area contributed by atoms with Gasteiger partial charge < -0.3 is 19.8 Å². The number of terminal acetylenes is 1. The lowest BCUT2D eigenvalue weighted by Crippen LogP contribution is -2.24. The lowest BCUT2D eigenvalue weighted by atomic mass is 9.75. The van der Waals surface area contributed by atoms with E-state index in [0.29, 0.717) is 18.4 Å². The Balaban J connectivity index is 0.000000411. The normalized spacial score (nSPS) is 13.3. The summed E-state index contributed by atoms with van der Waals surface area (Å²) in [5.41, 5.74) is 3.49. The summed E-state index contributed by atoms with van der Waals surface area (Å²) in [5, 5.41) is 17.4. The van der Waals surface area contributed by atoms with E-state index in [0.717, 1.165) is 18.6 Å². The van der Waals surface area contributed by atoms with Gasteiger partial charge in [0.1, 0.15) is 5.75 Å². The number of hydrogen-bond acceptors (Lipinski definition) is 5. The lowest BCUT2D eigenvalue weighted by Gasteiger charge is -2.32. The number of unbranched alkanes of at least 4 members (excludes halogenated alkanes) is 4. The van der Waals surface area contributed by atoms with Gasteiger partial charge in [0.15, 0.2) is 5.92 Å². The van der Waals surface area contributed by atoms with E-state index in [-0.39, 0.29) is 6.42 Å². The van der Waals surface area contributed by atoms with Crippen molar-refractivity contribution < 1.29 is 24.5 Å². The summed E-state index contributed by atoms with van der Waals surface area (Å²) in [6.45, 7) is 5.21. The summed E-state index contributed by atoms with van der Waals surface area (Å²) < 4.78 is 5.48. The molecule has 7 heteroatoms. The highest BCUT2D eigenvalue weighted by Gasteiger charge is 2.31. The number of thioether (sulfide) groups is 1. The fraction of sp³-hybridized carbons (Fsp3) is 0.556. The van der Waals surface area contributed by atoms with Crippen molar-refractivity contribution in [2.45, 2.75) is 95.8 Å². The smallest absolute Gasteiger partial charge is 0.317 e. The third kappa shape index (κ3) is 14.3. The van der Waals surface area contributed by atoms with Crippen LogP contribution in [-0.4, -0.2) is 48.6 Å². The van der Waals surface area contributed by atoms with Gasteiger partial charge in [-0.25, -0.2) is 0 Å². The highest BCUT2D eigenvalue weighted by Crippen LogP contribution is 2.45. The molecule has 0 aliphatic carbocycles. The molecular weight excluding hydrogens is 558 g/mol. The van der Waals surface area contributed by atoms with Gasteiger partial charge in [-0.2, -0.15) is 0 Å². The van der Waals surface area contributed by atoms with Gasteiger partial charge in [-0.1, -0.05) is 70.6 Å². The number of ether oxygens (including phenoxy) is 1. The Morgan fingerprint density at radius 2 is 1.56 bits per heavy atom. The van der Waals surface area contributed by atoms with Crippen molar-refractivity contribution in [2.24, 2.45) is 11.3 Å². The standard InChI is InChI=1S/C20H33NS.C14H18O5.C2H2/c1-5-7-12-20(13-8-6-2)14-11-17-15-18(21(3)4)9-10-19(17)22-16-20;15-13(16)12(14(17)18)9-5-2-6-10-19-11-7-3-1-4-8-11;1-2/h9-10,15H,5-8,11-14,16H2,1-4H3;1,3-4,7-8,12H,2,5-6,9-10H2,(H,15,16)(H,17,18);1-2H. The van der Waals surface area contributed by atoms with E-state index in [1.54, 1.807) is 5.56 Å². The molecule has 0 unspecified atom stereocenters. The lowest BCUT2D eigenvalue weighted by molar-refractivity contribution is -0.154. The maximum Gasteiger partial charge on any atom is 0.317 e. The molecule has 6 nitrogen and oxygen atoms in total. The predicted molar refractivity (Wildman–Crippen MR) is 180 cm³/mol. The Morgan fingerprint density at radius 1 is 0.930 bits per heavy atom. The topological polar surface area (TPSA) is 87.1 Å². The zero-order valence-corrected chi connectivity index (χ0v) is 27.5. The number of fused-ring (bicyclic) bond motifs is 1. The molecule has 0 radical (unpaired) electrons. The Kier molecular flexibility index (Phi) is 19.0. The minimum atomic E-state index is -1.30. The zero-order chi connectivity index (χ0) is 32.1. The first-order chi connectivity index (χ1) is 20.7. The molecule has 2 aromatic carbocycles. The largest absolute Gasteiger partial charge is 0.494 e. The number of nitrogens with zero attached hydrogens (tertiary/aromatic N) is 1. The number of para-hydroxylation sites is 1. The summed E-state index contributed by atoms with van der Waals surface area (Å²) in [6.07, 6.45) is 21.2. The molecule has 0 amide bonds. The Labute approximate surface area is 264 Å². The highest BCUT2D eigenvalue weighted by molar-refractivity contribution is 7.99. The molecule has 0 fully saturated rings. The van der Waals surface area contributed by atoms with Crippen LogP contribution in [0.3, 0.4) is 0 Å². The zero-order valence-electron chi connectivity index (χ0n) is 26.7. The van der Waals surface area contributed by atoms with Crippen molar-refractivity contribution >= 4 is 29.4 Å². The van der Waals surface area contributed by atoms with Crippen molar-refractivity contribution in [2.75, 3.05) is 31.4 Å². The van der Waals surface area contributed by atoms with E-state index in [1.165, 1.54) is 67.7 Å². The van der Waals surface area contributed by atoms with Gasteiger partial charge in [-0.3, -0.25) is 9.59 Å². The van der Waals surface area contributed by atoms with E-state index < -0.39 is 17.9 Å². The summed E-state index contributed by atoms with van der Waals surface area (Å²) in [4.78, 5) is 25.0. The van der Waals surface area contributed by atoms with Gasteiger partial charge in [0.05, 0.1) is 6.61 Å². The van der Waals surface area contributed by atoms with Crippen molar-refractivity contribution in [3.8, 4) is 18.6 Å². The number of rotatable bonds is 16. The monoisotopic (exact) mass is 611 g/mol. The van der Waals surface area contributed by atoms with Gasteiger partial charge in [0.2, 0.25) is 0 Å². The fourth-order valence-corrected chi connectivity index (χ4v) is 6.60. The van der Waals surface area contributed by atoms with Gasteiger partial charge in [-0.15, -0.1) is 24.6 Å². The van der Waals surface area contributed by atoms with E-state index in [4.69, 9.17) is 14.9 Å². The van der Waals surface area contributed by atoms with Crippen LogP contribution < -0.4 is 9.64 Å². The molecule has 1 heterocycles. The summed E-state index contributed by atoms with van der Waals surface area (Å²) in [5.74, 6) is -1.71. The Morgan fingerprint density at radius 3 is 2.12 bits per heavy atom. The average Bonchev–Trinajstić information content (AvgIpc) is 3.19. The number of hydrogen-bond donors (Lipinski definition) is 2. The molecule has 0 spiro atoms. The maximum absolute atomic E-state index is 10.6. The first-order valence-corrected chi connectivity index (χ1v) is 16.6. The number of anilines is 1. The fourth-order valence-electron chi connectivity index (χ4n) is 5.19. The molecule has 43 heavy (non-hydrogen) atoms. The van der Waals surface area contributed by atoms with Crippen molar-refractivity contribution in [1.82, 2.24) is 0 Å². The van der Waals surface area contributed by atoms with Crippen LogP contribution in [0.2, 0.25) is 0 Å². The third-order valence-electron chi connectivity index (χ3n) is 7.89. The quantitative estimate of drug-likeness (QED) is 0.111. The number of aliphatic carboxylic acids is 2. The summed E-state index contributed by atoms with van der Waals surface area (Å²) in [7, 11) is 4.27. The number of carboxylic acids is 2. The second kappa shape index (κ2) is 21.6. The van der Waals surface area contributed by atoms with Gasteiger partial charge >= 0.3 is 11.9 Å². The number of benzene rings is 2. The molecule has 0 bridgehead atoms. The first-order valence-electron chi connectivity index (χ1n) is 15.6. The molecule has 238 valence electrons. The molecule has 0 aromatic heterocycles. The molecule has 3 rings (SSSR count). The SMILES string of the molecule is C#C.CCCCC1(CCCC)CCc2cc(N(C)C)ccc2SC1.O=C(O)C(CCCCCOc1ccccc1)C(=O)O. The van der Waals surface area contributed by atoms with Gasteiger partial charge in [-0.05, 0) is 79.8 Å². The van der Waals surface area contributed by atoms with E-state index >= 15 is 0 Å². The molecular formula is C36H53NO5S. The highest BCUT2D eigenvalue weighted by atomic mass is 32.2. The van der Waals surface area contributed by atoms with Gasteiger partial charge in [0.25, 0.3) is 0 Å². The van der Waals surface area contributed by atoms with E-state index in [1.807, 2.05) is 30.3 Å². The van der Waals surface area contributed by atoms with Crippen LogP contribution in [0.15, 0.2) is 53.4 Å². The second-order valence-electron chi connectivity index (χ2n) is 11.4. The van der Waals surface area contributed by atoms with Crippen LogP contribution in [0.4, 0.5) is 5.69 Å². The predicted octanol–water partition coefficient (Wildman–Crippen LogP) is 8.82. The second-order valence-corrected chi connectivity index (χ2v) is 12.4. The molecule has 2 N–H and O–H groups in total. The van der Waals surface area contributed by atoms with Crippen molar-refractivity contribution in [1.29, 1.82) is 0 Å². The van der Waals surface area contributed by atoms with Crippen LogP contribution in [0.25, 0.3) is 0 Å². The first kappa shape index (κ1) is 37.9. The van der Waals surface area contributed by atoms with E-state index in [2.05, 4.69) is 75.7 Å². The number of carboxylic acid groups (broad SMARTS) is 2. The van der Waals surface area contributed by atoms with Crippen LogP contribution in [0.5, 0.6) is 5.75 Å². The van der Waals surface area contributed by atoms with Crippen LogP contribution in [0, 0.1) is 24.2 Å². The number of carbonyl (C=O) groups is 2. The van der Waals surface area contributed by atoms with Crippen molar-refractivity contribution in [3.63, 3.8) is 0 Å². The van der Waals surface area contributed by atoms with Crippen molar-refractivity contribution in [3.05, 3.63) is 54.1 Å². The van der Waals surface area contributed by atoms with Crippen LogP contribution >= 0.6 is 11.8 Å². The Hall–Kier alpha value is -3.11. The van der Waals surface area contributed by atoms with Crippen LogP contribution in [0.1, 0.15) is 90.0 Å². The molecule has 0 atom stereocenters. The third-order valence-corrected chi connectivity index (χ3v) is 9.35. The van der Waals surface area contributed by atoms with Crippen LogP contribution in [-0.2, 0) is 16.0 Å². The summed E-state index contributed by atoms with van der Waals surface area (Å²) in [6, 6.07) is 16.5. The van der Waals surface area contributed by atoms with E-state index in [9.17, 15) is 9.59 Å². The number of aryl methyl sites for hydroxylation is 1. The molecule has 0 saturated carbocycles. The van der Waals surface area contributed by atoms with Gasteiger partial charge in [0, 0.05) is 30.4 Å². The average molecular weight is 612 g/mol. The minimum absolute atomic E-state index is 0.163. The molecule has 0 saturated heterocycles. The molecule has 2 aromatic rings. The minimum Gasteiger partial charge on any atom is -0.494 e.